The Morgan fingerprint density at radius 3 is 2.71 bits per heavy atom. The molecule has 0 saturated carbocycles. The van der Waals surface area contributed by atoms with Crippen molar-refractivity contribution in [3.8, 4) is 0 Å². The van der Waals surface area contributed by atoms with Crippen molar-refractivity contribution in [3.05, 3.63) is 0 Å². The Labute approximate surface area is 86.0 Å². The summed E-state index contributed by atoms with van der Waals surface area (Å²) in [6.45, 7) is 6.38. The number of carbonyl (C=O) groups is 1. The van der Waals surface area contributed by atoms with Gasteiger partial charge in [-0.3, -0.25) is 9.69 Å². The van der Waals surface area contributed by atoms with E-state index >= 15 is 0 Å². The van der Waals surface area contributed by atoms with Crippen LogP contribution in [0.4, 0.5) is 0 Å². The van der Waals surface area contributed by atoms with Crippen LogP contribution in [0.3, 0.4) is 0 Å². The van der Waals surface area contributed by atoms with Crippen LogP contribution in [-0.4, -0.2) is 54.5 Å². The predicted octanol–water partition coefficient (Wildman–Crippen LogP) is -0.114. The second-order valence-electron chi connectivity index (χ2n) is 4.38. The van der Waals surface area contributed by atoms with E-state index in [1.807, 2.05) is 20.9 Å². The molecule has 1 rings (SSSR count). The maximum Gasteiger partial charge on any atom is 0.236 e. The maximum atomic E-state index is 11.7. The number of hydrogen-bond acceptors (Lipinski definition) is 3. The lowest BCUT2D eigenvalue weighted by molar-refractivity contribution is -0.132. The molecule has 0 aliphatic carbocycles. The van der Waals surface area contributed by atoms with Gasteiger partial charge in [-0.25, -0.2) is 0 Å². The van der Waals surface area contributed by atoms with Crippen molar-refractivity contribution in [2.45, 2.75) is 32.4 Å². The second kappa shape index (κ2) is 4.75. The Morgan fingerprint density at radius 2 is 2.29 bits per heavy atom. The highest BCUT2D eigenvalue weighted by molar-refractivity contribution is 5.78. The van der Waals surface area contributed by atoms with E-state index < -0.39 is 0 Å². The minimum atomic E-state index is 0.189. The molecule has 1 fully saturated rings. The number of likely N-dealkylation sites (tertiary alicyclic amines) is 1. The van der Waals surface area contributed by atoms with Crippen LogP contribution in [0.1, 0.15) is 20.3 Å². The lowest BCUT2D eigenvalue weighted by atomic mass is 10.3. The van der Waals surface area contributed by atoms with E-state index in [0.29, 0.717) is 6.54 Å². The van der Waals surface area contributed by atoms with Crippen molar-refractivity contribution < 1.29 is 4.79 Å². The highest BCUT2D eigenvalue weighted by Gasteiger charge is 2.22. The molecular formula is C10H21N3O. The molecule has 0 spiro atoms. The zero-order chi connectivity index (χ0) is 10.7. The molecule has 1 aliphatic heterocycles. The van der Waals surface area contributed by atoms with Gasteiger partial charge in [-0.1, -0.05) is 0 Å². The van der Waals surface area contributed by atoms with Crippen LogP contribution in [0.2, 0.25) is 0 Å². The number of amides is 1. The molecule has 1 saturated heterocycles. The zero-order valence-corrected chi connectivity index (χ0v) is 9.36. The van der Waals surface area contributed by atoms with Crippen molar-refractivity contribution >= 4 is 5.91 Å². The first-order valence-corrected chi connectivity index (χ1v) is 5.24. The first-order chi connectivity index (χ1) is 6.50. The third-order valence-corrected chi connectivity index (χ3v) is 2.84. The molecule has 0 radical (unpaired) electrons. The largest absolute Gasteiger partial charge is 0.342 e. The number of hydrogen-bond donors (Lipinski definition) is 1. The summed E-state index contributed by atoms with van der Waals surface area (Å²) in [5.41, 5.74) is 5.77. The van der Waals surface area contributed by atoms with Gasteiger partial charge in [0.25, 0.3) is 0 Å². The van der Waals surface area contributed by atoms with Crippen LogP contribution >= 0.6 is 0 Å². The van der Waals surface area contributed by atoms with E-state index in [9.17, 15) is 4.79 Å². The minimum Gasteiger partial charge on any atom is -0.342 e. The molecule has 0 bridgehead atoms. The van der Waals surface area contributed by atoms with E-state index in [-0.39, 0.29) is 18.0 Å². The molecule has 0 aromatic carbocycles. The van der Waals surface area contributed by atoms with Gasteiger partial charge >= 0.3 is 0 Å². The molecule has 1 aliphatic rings. The summed E-state index contributed by atoms with van der Waals surface area (Å²) in [5, 5.41) is 0. The average Bonchev–Trinajstić information content (AvgIpc) is 2.49. The normalized spacial score (nSPS) is 23.1. The van der Waals surface area contributed by atoms with Crippen molar-refractivity contribution in [3.63, 3.8) is 0 Å². The van der Waals surface area contributed by atoms with Crippen LogP contribution in [0.5, 0.6) is 0 Å². The number of nitrogens with two attached hydrogens (primary N) is 1. The summed E-state index contributed by atoms with van der Waals surface area (Å²) < 4.78 is 0. The van der Waals surface area contributed by atoms with Crippen molar-refractivity contribution in [1.29, 1.82) is 0 Å². The summed E-state index contributed by atoms with van der Waals surface area (Å²) in [7, 11) is 1.85. The fourth-order valence-corrected chi connectivity index (χ4v) is 1.60. The number of carbonyl (C=O) groups excluding carboxylic acids is 1. The Kier molecular flexibility index (Phi) is 3.89. The molecule has 2 N–H and O–H groups in total. The summed E-state index contributed by atoms with van der Waals surface area (Å²) in [4.78, 5) is 15.6. The minimum absolute atomic E-state index is 0.189. The standard InChI is InChI=1S/C10H21N3O/c1-8(2)12(3)10(14)7-13-5-4-9(11)6-13/h8-9H,4-7,11H2,1-3H3/t9-/m0/s1. The van der Waals surface area contributed by atoms with Gasteiger partial charge in [0.05, 0.1) is 6.54 Å². The molecular weight excluding hydrogens is 178 g/mol. The van der Waals surface area contributed by atoms with Gasteiger partial charge in [0.2, 0.25) is 5.91 Å². The highest BCUT2D eigenvalue weighted by atomic mass is 16.2. The SMILES string of the molecule is CC(C)N(C)C(=O)CN1CC[C@H](N)C1. The summed E-state index contributed by atoms with van der Waals surface area (Å²) in [6.07, 6.45) is 1.01. The van der Waals surface area contributed by atoms with E-state index in [1.54, 1.807) is 4.90 Å². The van der Waals surface area contributed by atoms with Gasteiger partial charge in [0.15, 0.2) is 0 Å². The van der Waals surface area contributed by atoms with E-state index in [4.69, 9.17) is 5.73 Å². The van der Waals surface area contributed by atoms with Crippen molar-refractivity contribution in [2.24, 2.45) is 5.73 Å². The fraction of sp³-hybridized carbons (Fsp3) is 0.900. The molecule has 82 valence electrons. The van der Waals surface area contributed by atoms with Crippen LogP contribution in [-0.2, 0) is 4.79 Å². The van der Waals surface area contributed by atoms with Crippen molar-refractivity contribution in [2.75, 3.05) is 26.7 Å². The quantitative estimate of drug-likeness (QED) is 0.690. The number of nitrogens with zero attached hydrogens (tertiary/aromatic N) is 2. The number of likely N-dealkylation sites (N-methyl/N-ethyl adjacent to an activating group) is 1. The molecule has 0 aromatic heterocycles. The molecule has 4 heteroatoms. The topological polar surface area (TPSA) is 49.6 Å². The molecule has 14 heavy (non-hydrogen) atoms. The Balaban J connectivity index is 2.33. The molecule has 0 unspecified atom stereocenters. The van der Waals surface area contributed by atoms with Gasteiger partial charge in [-0.2, -0.15) is 0 Å². The third kappa shape index (κ3) is 2.96. The summed E-state index contributed by atoms with van der Waals surface area (Å²) in [6, 6.07) is 0.533. The maximum absolute atomic E-state index is 11.7. The lowest BCUT2D eigenvalue weighted by Gasteiger charge is -2.24. The Morgan fingerprint density at radius 1 is 1.64 bits per heavy atom. The van der Waals surface area contributed by atoms with Gasteiger partial charge in [-0.05, 0) is 20.3 Å². The number of rotatable bonds is 3. The first kappa shape index (κ1) is 11.5. The van der Waals surface area contributed by atoms with Crippen LogP contribution in [0.25, 0.3) is 0 Å². The van der Waals surface area contributed by atoms with E-state index in [0.717, 1.165) is 19.5 Å². The van der Waals surface area contributed by atoms with Gasteiger partial charge < -0.3 is 10.6 Å². The van der Waals surface area contributed by atoms with Gasteiger partial charge in [0, 0.05) is 32.2 Å². The van der Waals surface area contributed by atoms with Crippen LogP contribution < -0.4 is 5.73 Å². The molecule has 1 amide bonds. The summed E-state index contributed by atoms with van der Waals surface area (Å²) >= 11 is 0. The van der Waals surface area contributed by atoms with Crippen LogP contribution in [0.15, 0.2) is 0 Å². The van der Waals surface area contributed by atoms with Crippen LogP contribution in [0, 0.1) is 0 Å². The molecule has 4 nitrogen and oxygen atoms in total. The van der Waals surface area contributed by atoms with Gasteiger partial charge in [0.1, 0.15) is 0 Å². The Hall–Kier alpha value is -0.610. The molecule has 1 atom stereocenters. The van der Waals surface area contributed by atoms with E-state index in [1.165, 1.54) is 0 Å². The fourth-order valence-electron chi connectivity index (χ4n) is 1.60. The average molecular weight is 199 g/mol. The predicted molar refractivity (Wildman–Crippen MR) is 56.9 cm³/mol. The first-order valence-electron chi connectivity index (χ1n) is 5.24. The second-order valence-corrected chi connectivity index (χ2v) is 4.38. The van der Waals surface area contributed by atoms with E-state index in [2.05, 4.69) is 4.90 Å². The third-order valence-electron chi connectivity index (χ3n) is 2.84. The monoisotopic (exact) mass is 199 g/mol. The molecule has 1 heterocycles. The Bertz CT molecular complexity index is 206. The van der Waals surface area contributed by atoms with Crippen molar-refractivity contribution in [1.82, 2.24) is 9.80 Å². The summed E-state index contributed by atoms with van der Waals surface area (Å²) in [5.74, 6) is 0.189. The zero-order valence-electron chi connectivity index (χ0n) is 9.36. The highest BCUT2D eigenvalue weighted by Crippen LogP contribution is 2.07. The lowest BCUT2D eigenvalue weighted by Crippen LogP contribution is -2.41. The molecule has 0 aromatic rings. The van der Waals surface area contributed by atoms with Gasteiger partial charge in [-0.15, -0.1) is 0 Å². The smallest absolute Gasteiger partial charge is 0.236 e.